The molecule has 1 aromatic rings. The van der Waals surface area contributed by atoms with Crippen LogP contribution < -0.4 is 0 Å². The molecule has 4 N–H and O–H groups in total. The molecule has 46 heavy (non-hydrogen) atoms. The van der Waals surface area contributed by atoms with Crippen LogP contribution in [0, 0.1) is 46.3 Å². The van der Waals surface area contributed by atoms with Crippen molar-refractivity contribution in [1.82, 2.24) is 15.0 Å². The monoisotopic (exact) mass is 643 g/mol. The Hall–Kier alpha value is -1.36. The summed E-state index contributed by atoms with van der Waals surface area (Å²) in [6.45, 7) is 14.8. The Kier molecular flexibility index (Phi) is 10.1. The minimum Gasteiger partial charge on any atom is -0.394 e. The van der Waals surface area contributed by atoms with Gasteiger partial charge in [-0.15, -0.1) is 5.10 Å². The van der Waals surface area contributed by atoms with E-state index in [1.807, 2.05) is 11.1 Å². The number of hydrogen-bond acceptors (Lipinski definition) is 8. The van der Waals surface area contributed by atoms with E-state index in [1.165, 1.54) is 62.5 Å². The molecule has 4 aliphatic carbocycles. The Morgan fingerprint density at radius 2 is 1.76 bits per heavy atom. The summed E-state index contributed by atoms with van der Waals surface area (Å²) in [5, 5.41) is 48.5. The van der Waals surface area contributed by atoms with Gasteiger partial charge in [0.25, 0.3) is 0 Å². The van der Waals surface area contributed by atoms with Crippen LogP contribution in [0.4, 0.5) is 0 Å². The molecule has 0 aromatic carbocycles. The molecular weight excluding hydrogens is 582 g/mol. The van der Waals surface area contributed by atoms with Crippen LogP contribution in [-0.2, 0) is 16.1 Å². The van der Waals surface area contributed by atoms with Gasteiger partial charge in [-0.3, -0.25) is 0 Å². The molecule has 1 aliphatic heterocycles. The first-order valence-corrected chi connectivity index (χ1v) is 18.4. The lowest BCUT2D eigenvalue weighted by Crippen LogP contribution is -2.56. The second-order valence-electron chi connectivity index (χ2n) is 16.8. The first-order chi connectivity index (χ1) is 21.9. The Morgan fingerprint density at radius 1 is 0.978 bits per heavy atom. The standard InChI is InChI=1S/C37H61N3O6/c1-21(2)22(3)7-8-23(4)28-11-12-29-27-10-9-24-17-26(13-15-36(24,5)30(27)14-16-37(28,29)6)45-20-25-18-40(39-38-25)35-34(44)33(43)32(42)31(19-41)46-35/h18,21-24,26,28,30-35,41-44H,7-17,19-20H2,1-6H3/t22-,23+,24-,26-,28+,30-,31+,32-,33-,34+,35+,36-,37+/m0/s1. The molecule has 260 valence electrons. The molecule has 1 saturated heterocycles. The van der Waals surface area contributed by atoms with E-state index in [0.29, 0.717) is 29.0 Å². The first-order valence-electron chi connectivity index (χ1n) is 18.4. The molecule has 0 spiro atoms. The van der Waals surface area contributed by atoms with Gasteiger partial charge in [-0.25, -0.2) is 4.68 Å². The van der Waals surface area contributed by atoms with Gasteiger partial charge in [0.15, 0.2) is 6.23 Å². The number of nitrogens with zero attached hydrogens (tertiary/aromatic N) is 3. The molecule has 3 saturated carbocycles. The first kappa shape index (κ1) is 34.5. The van der Waals surface area contributed by atoms with Crippen molar-refractivity contribution in [3.8, 4) is 0 Å². The van der Waals surface area contributed by atoms with Crippen LogP contribution in [0.25, 0.3) is 0 Å². The Labute approximate surface area is 276 Å². The van der Waals surface area contributed by atoms with E-state index in [-0.39, 0.29) is 6.10 Å². The lowest BCUT2D eigenvalue weighted by Gasteiger charge is -2.57. The number of aromatic nitrogens is 3. The van der Waals surface area contributed by atoms with Gasteiger partial charge < -0.3 is 29.9 Å². The highest BCUT2D eigenvalue weighted by Gasteiger charge is 2.56. The number of rotatable bonds is 10. The quantitative estimate of drug-likeness (QED) is 0.244. The van der Waals surface area contributed by atoms with Gasteiger partial charge in [0.1, 0.15) is 30.1 Å². The second-order valence-corrected chi connectivity index (χ2v) is 16.8. The number of aliphatic hydroxyl groups excluding tert-OH is 4. The van der Waals surface area contributed by atoms with Gasteiger partial charge in [-0.1, -0.05) is 70.7 Å². The normalized spacial score (nSPS) is 42.5. The fourth-order valence-electron chi connectivity index (χ4n) is 10.6. The maximum absolute atomic E-state index is 10.5. The average Bonchev–Trinajstić information content (AvgIpc) is 3.65. The van der Waals surface area contributed by atoms with Gasteiger partial charge >= 0.3 is 0 Å². The summed E-state index contributed by atoms with van der Waals surface area (Å²) in [5.41, 5.74) is 5.11. The van der Waals surface area contributed by atoms with Crippen molar-refractivity contribution >= 4 is 0 Å². The van der Waals surface area contributed by atoms with Crippen molar-refractivity contribution in [1.29, 1.82) is 0 Å². The number of allylic oxidation sites excluding steroid dienone is 2. The maximum atomic E-state index is 10.5. The van der Waals surface area contributed by atoms with Gasteiger partial charge in [0, 0.05) is 0 Å². The third kappa shape index (κ3) is 6.15. The van der Waals surface area contributed by atoms with Crippen LogP contribution >= 0.6 is 0 Å². The Morgan fingerprint density at radius 3 is 2.50 bits per heavy atom. The summed E-state index contributed by atoms with van der Waals surface area (Å²) in [6, 6.07) is 0. The van der Waals surface area contributed by atoms with Gasteiger partial charge in [0.05, 0.1) is 25.5 Å². The largest absolute Gasteiger partial charge is 0.394 e. The highest BCUT2D eigenvalue weighted by atomic mass is 16.6. The molecule has 6 rings (SSSR count). The van der Waals surface area contributed by atoms with Crippen molar-refractivity contribution < 1.29 is 29.9 Å². The lowest BCUT2D eigenvalue weighted by atomic mass is 9.48. The van der Waals surface area contributed by atoms with E-state index in [9.17, 15) is 20.4 Å². The zero-order chi connectivity index (χ0) is 33.0. The lowest BCUT2D eigenvalue weighted by molar-refractivity contribution is -0.254. The highest BCUT2D eigenvalue weighted by Crippen LogP contribution is 2.66. The molecule has 9 nitrogen and oxygen atoms in total. The summed E-state index contributed by atoms with van der Waals surface area (Å²) in [4.78, 5) is 0. The minimum atomic E-state index is -1.46. The SMILES string of the molecule is CC(C)[C@@H](C)CC[C@@H](C)[C@H]1CCC2=C3CC[C@H]4C[C@@H](OCc5cn([C@@H]6O[C@H](CO)[C@H](O)[C@H](O)[C@H]6O)nn5)CC[C@]4(C)[C@H]3CC[C@@]21C. The summed E-state index contributed by atoms with van der Waals surface area (Å²) < 4.78 is 13.4. The molecule has 0 radical (unpaired) electrons. The topological polar surface area (TPSA) is 130 Å². The predicted molar refractivity (Wildman–Crippen MR) is 175 cm³/mol. The van der Waals surface area contributed by atoms with E-state index in [2.05, 4.69) is 51.9 Å². The second kappa shape index (κ2) is 13.5. The number of ether oxygens (including phenoxy) is 2. The Bertz CT molecular complexity index is 1230. The van der Waals surface area contributed by atoms with Crippen LogP contribution in [-0.4, -0.2) is 72.5 Å². The number of fused-ring (bicyclic) bond motifs is 4. The van der Waals surface area contributed by atoms with Crippen LogP contribution in [0.5, 0.6) is 0 Å². The third-order valence-electron chi connectivity index (χ3n) is 14.1. The molecule has 0 bridgehead atoms. The fraction of sp³-hybridized carbons (Fsp3) is 0.892. The zero-order valence-electron chi connectivity index (χ0n) is 29.1. The molecule has 4 fully saturated rings. The van der Waals surface area contributed by atoms with Crippen LogP contribution in [0.15, 0.2) is 17.3 Å². The summed E-state index contributed by atoms with van der Waals surface area (Å²) in [5.74, 6) is 4.62. The molecule has 2 heterocycles. The molecule has 0 unspecified atom stereocenters. The maximum Gasteiger partial charge on any atom is 0.180 e. The third-order valence-corrected chi connectivity index (χ3v) is 14.1. The van der Waals surface area contributed by atoms with Crippen molar-refractivity contribution in [3.05, 3.63) is 23.0 Å². The van der Waals surface area contributed by atoms with Crippen molar-refractivity contribution in [2.75, 3.05) is 6.61 Å². The smallest absolute Gasteiger partial charge is 0.180 e. The van der Waals surface area contributed by atoms with Crippen LogP contribution in [0.1, 0.15) is 124 Å². The van der Waals surface area contributed by atoms with E-state index < -0.39 is 37.3 Å². The summed E-state index contributed by atoms with van der Waals surface area (Å²) in [6.07, 6.45) is 9.55. The van der Waals surface area contributed by atoms with E-state index in [1.54, 1.807) is 6.20 Å². The van der Waals surface area contributed by atoms with Crippen molar-refractivity contribution in [2.24, 2.45) is 46.3 Å². The zero-order valence-corrected chi connectivity index (χ0v) is 29.1. The predicted octanol–water partition coefficient (Wildman–Crippen LogP) is 5.57. The fourth-order valence-corrected chi connectivity index (χ4v) is 10.6. The molecular formula is C37H61N3O6. The van der Waals surface area contributed by atoms with Crippen LogP contribution in [0.2, 0.25) is 0 Å². The summed E-state index contributed by atoms with van der Waals surface area (Å²) in [7, 11) is 0. The number of hydrogen-bond donors (Lipinski definition) is 4. The molecule has 9 heteroatoms. The molecule has 0 amide bonds. The minimum absolute atomic E-state index is 0.184. The van der Waals surface area contributed by atoms with Crippen molar-refractivity contribution in [2.45, 2.75) is 156 Å². The van der Waals surface area contributed by atoms with Crippen molar-refractivity contribution in [3.63, 3.8) is 0 Å². The van der Waals surface area contributed by atoms with Crippen LogP contribution in [0.3, 0.4) is 0 Å². The Balaban J connectivity index is 1.06. The highest BCUT2D eigenvalue weighted by molar-refractivity contribution is 5.34. The van der Waals surface area contributed by atoms with E-state index in [0.717, 1.165) is 42.4 Å². The van der Waals surface area contributed by atoms with Gasteiger partial charge in [-0.2, -0.15) is 0 Å². The average molecular weight is 644 g/mol. The van der Waals surface area contributed by atoms with E-state index in [4.69, 9.17) is 9.47 Å². The number of aliphatic hydroxyl groups is 4. The van der Waals surface area contributed by atoms with Gasteiger partial charge in [-0.05, 0) is 104 Å². The summed E-state index contributed by atoms with van der Waals surface area (Å²) >= 11 is 0. The molecule has 13 atom stereocenters. The van der Waals surface area contributed by atoms with Gasteiger partial charge in [0.2, 0.25) is 0 Å². The molecule has 5 aliphatic rings. The molecule has 1 aromatic heterocycles. The van der Waals surface area contributed by atoms with E-state index >= 15 is 0 Å².